The minimum absolute atomic E-state index is 0.181. The van der Waals surface area contributed by atoms with Crippen LogP contribution < -0.4 is 5.32 Å². The SMILES string of the molecule is CC(C)(C)C(=O)CN1C(=O)NC(C)(c2cc3ccccc3o2)C1=O. The summed E-state index contributed by atoms with van der Waals surface area (Å²) in [5, 5.41) is 3.50. The Labute approximate surface area is 139 Å². The second-order valence-electron chi connectivity index (χ2n) is 7.27. The van der Waals surface area contributed by atoms with Crippen LogP contribution in [0.2, 0.25) is 0 Å². The van der Waals surface area contributed by atoms with Crippen LogP contribution in [-0.4, -0.2) is 29.2 Å². The zero-order valence-corrected chi connectivity index (χ0v) is 14.2. The zero-order valence-electron chi connectivity index (χ0n) is 14.2. The van der Waals surface area contributed by atoms with Crippen molar-refractivity contribution in [3.05, 3.63) is 36.1 Å². The first-order chi connectivity index (χ1) is 11.1. The van der Waals surface area contributed by atoms with Crippen molar-refractivity contribution in [3.8, 4) is 0 Å². The van der Waals surface area contributed by atoms with Gasteiger partial charge >= 0.3 is 6.03 Å². The maximum atomic E-state index is 12.8. The summed E-state index contributed by atoms with van der Waals surface area (Å²) in [7, 11) is 0. The van der Waals surface area contributed by atoms with Crippen LogP contribution >= 0.6 is 0 Å². The summed E-state index contributed by atoms with van der Waals surface area (Å²) in [6, 6.07) is 8.52. The van der Waals surface area contributed by atoms with Gasteiger partial charge in [-0.2, -0.15) is 0 Å². The van der Waals surface area contributed by atoms with E-state index in [0.717, 1.165) is 10.3 Å². The van der Waals surface area contributed by atoms with E-state index >= 15 is 0 Å². The van der Waals surface area contributed by atoms with E-state index < -0.39 is 22.9 Å². The van der Waals surface area contributed by atoms with Crippen molar-refractivity contribution in [1.82, 2.24) is 10.2 Å². The van der Waals surface area contributed by atoms with Crippen LogP contribution in [-0.2, 0) is 15.1 Å². The highest BCUT2D eigenvalue weighted by atomic mass is 16.3. The number of carbonyl (C=O) groups excluding carboxylic acids is 3. The maximum Gasteiger partial charge on any atom is 0.325 e. The topological polar surface area (TPSA) is 79.6 Å². The molecule has 24 heavy (non-hydrogen) atoms. The number of urea groups is 1. The number of hydrogen-bond donors (Lipinski definition) is 1. The number of para-hydroxylation sites is 1. The van der Waals surface area contributed by atoms with E-state index in [2.05, 4.69) is 5.32 Å². The summed E-state index contributed by atoms with van der Waals surface area (Å²) in [6.45, 7) is 6.61. The van der Waals surface area contributed by atoms with Crippen LogP contribution in [0.25, 0.3) is 11.0 Å². The van der Waals surface area contributed by atoms with Crippen molar-refractivity contribution in [1.29, 1.82) is 0 Å². The molecule has 1 saturated heterocycles. The molecule has 1 N–H and O–H groups in total. The largest absolute Gasteiger partial charge is 0.458 e. The first-order valence-corrected chi connectivity index (χ1v) is 7.79. The lowest BCUT2D eigenvalue weighted by Gasteiger charge is -2.21. The average molecular weight is 328 g/mol. The molecule has 6 nitrogen and oxygen atoms in total. The van der Waals surface area contributed by atoms with E-state index in [1.807, 2.05) is 18.2 Å². The molecule has 1 aromatic carbocycles. The first-order valence-electron chi connectivity index (χ1n) is 7.79. The highest BCUT2D eigenvalue weighted by Crippen LogP contribution is 2.33. The Morgan fingerprint density at radius 1 is 1.25 bits per heavy atom. The molecule has 0 saturated carbocycles. The van der Waals surface area contributed by atoms with Gasteiger partial charge in [-0.15, -0.1) is 0 Å². The molecule has 1 aromatic heterocycles. The summed E-state index contributed by atoms with van der Waals surface area (Å²) >= 11 is 0. The number of ketones is 1. The Morgan fingerprint density at radius 2 is 1.92 bits per heavy atom. The predicted octanol–water partition coefficient (Wildman–Crippen LogP) is 2.82. The highest BCUT2D eigenvalue weighted by Gasteiger charge is 2.52. The Hall–Kier alpha value is -2.63. The van der Waals surface area contributed by atoms with Gasteiger partial charge in [-0.05, 0) is 19.1 Å². The smallest absolute Gasteiger partial charge is 0.325 e. The first kappa shape index (κ1) is 16.2. The lowest BCUT2D eigenvalue weighted by Crippen LogP contribution is -2.42. The molecule has 3 amide bonds. The zero-order chi connectivity index (χ0) is 17.7. The monoisotopic (exact) mass is 328 g/mol. The summed E-state index contributed by atoms with van der Waals surface area (Å²) in [4.78, 5) is 38.2. The molecule has 126 valence electrons. The van der Waals surface area contributed by atoms with Gasteiger partial charge in [0.05, 0.1) is 6.54 Å². The van der Waals surface area contributed by atoms with Gasteiger partial charge in [-0.25, -0.2) is 4.79 Å². The fraction of sp³-hybridized carbons (Fsp3) is 0.389. The van der Waals surface area contributed by atoms with Crippen molar-refractivity contribution in [2.45, 2.75) is 33.2 Å². The fourth-order valence-corrected chi connectivity index (χ4v) is 2.62. The van der Waals surface area contributed by atoms with E-state index in [1.165, 1.54) is 0 Å². The number of furan rings is 1. The third-order valence-corrected chi connectivity index (χ3v) is 4.33. The Balaban J connectivity index is 1.93. The summed E-state index contributed by atoms with van der Waals surface area (Å²) in [6.07, 6.45) is 0. The number of imide groups is 1. The predicted molar refractivity (Wildman–Crippen MR) is 88.3 cm³/mol. The minimum Gasteiger partial charge on any atom is -0.458 e. The van der Waals surface area contributed by atoms with E-state index in [4.69, 9.17) is 4.42 Å². The van der Waals surface area contributed by atoms with Crippen molar-refractivity contribution in [2.75, 3.05) is 6.54 Å². The van der Waals surface area contributed by atoms with Gasteiger partial charge in [-0.3, -0.25) is 14.5 Å². The molecule has 1 aliphatic heterocycles. The lowest BCUT2D eigenvalue weighted by molar-refractivity contribution is -0.136. The molecule has 1 unspecified atom stereocenters. The third kappa shape index (κ3) is 2.48. The van der Waals surface area contributed by atoms with Gasteiger partial charge in [-0.1, -0.05) is 39.0 Å². The number of amides is 3. The van der Waals surface area contributed by atoms with E-state index in [0.29, 0.717) is 11.3 Å². The molecule has 1 fully saturated rings. The van der Waals surface area contributed by atoms with Gasteiger partial charge in [0.1, 0.15) is 11.3 Å². The summed E-state index contributed by atoms with van der Waals surface area (Å²) < 4.78 is 5.75. The number of nitrogens with zero attached hydrogens (tertiary/aromatic N) is 1. The van der Waals surface area contributed by atoms with Crippen LogP contribution in [0.3, 0.4) is 0 Å². The number of hydrogen-bond acceptors (Lipinski definition) is 4. The Kier molecular flexibility index (Phi) is 3.51. The van der Waals surface area contributed by atoms with E-state index in [9.17, 15) is 14.4 Å². The molecule has 3 rings (SSSR count). The number of benzene rings is 1. The molecule has 0 radical (unpaired) electrons. The van der Waals surface area contributed by atoms with Gasteiger partial charge in [0.2, 0.25) is 0 Å². The van der Waals surface area contributed by atoms with E-state index in [-0.39, 0.29) is 12.3 Å². The normalized spacial score (nSPS) is 21.4. The molecule has 0 aliphatic carbocycles. The third-order valence-electron chi connectivity index (χ3n) is 4.33. The van der Waals surface area contributed by atoms with Crippen molar-refractivity contribution < 1.29 is 18.8 Å². The fourth-order valence-electron chi connectivity index (χ4n) is 2.62. The summed E-state index contributed by atoms with van der Waals surface area (Å²) in [5.41, 5.74) is -1.30. The molecule has 2 aromatic rings. The molecule has 1 atom stereocenters. The van der Waals surface area contributed by atoms with Crippen LogP contribution in [0.5, 0.6) is 0 Å². The van der Waals surface area contributed by atoms with Crippen LogP contribution in [0.15, 0.2) is 34.7 Å². The van der Waals surface area contributed by atoms with Crippen molar-refractivity contribution in [3.63, 3.8) is 0 Å². The Bertz CT molecular complexity index is 813. The molecule has 6 heteroatoms. The second-order valence-corrected chi connectivity index (χ2v) is 7.27. The van der Waals surface area contributed by atoms with Crippen LogP contribution in [0.4, 0.5) is 4.79 Å². The minimum atomic E-state index is -1.31. The van der Waals surface area contributed by atoms with Gasteiger partial charge < -0.3 is 9.73 Å². The lowest BCUT2D eigenvalue weighted by atomic mass is 9.90. The standard InChI is InChI=1S/C18H20N2O4/c1-17(2,3)13(21)10-20-15(22)18(4,19-16(20)23)14-9-11-7-5-6-8-12(11)24-14/h5-9H,10H2,1-4H3,(H,19,23). The van der Waals surface area contributed by atoms with Gasteiger partial charge in [0.15, 0.2) is 11.3 Å². The number of rotatable bonds is 3. The van der Waals surface area contributed by atoms with E-state index in [1.54, 1.807) is 39.8 Å². The number of Topliss-reactive ketones (excluding diaryl/α,β-unsaturated/α-hetero) is 1. The highest BCUT2D eigenvalue weighted by molar-refractivity contribution is 6.09. The molecule has 0 bridgehead atoms. The van der Waals surface area contributed by atoms with Crippen molar-refractivity contribution >= 4 is 28.7 Å². The van der Waals surface area contributed by atoms with Crippen LogP contribution in [0.1, 0.15) is 33.5 Å². The van der Waals surface area contributed by atoms with Crippen molar-refractivity contribution in [2.24, 2.45) is 5.41 Å². The Morgan fingerprint density at radius 3 is 2.54 bits per heavy atom. The molecular weight excluding hydrogens is 308 g/mol. The average Bonchev–Trinajstić information content (AvgIpc) is 3.02. The molecule has 2 heterocycles. The van der Waals surface area contributed by atoms with Gasteiger partial charge in [0.25, 0.3) is 5.91 Å². The molecule has 0 spiro atoms. The number of nitrogens with one attached hydrogen (secondary N) is 1. The quantitative estimate of drug-likeness (QED) is 0.879. The second kappa shape index (κ2) is 5.19. The number of carbonyl (C=O) groups is 3. The van der Waals surface area contributed by atoms with Gasteiger partial charge in [0, 0.05) is 10.8 Å². The number of fused-ring (bicyclic) bond motifs is 1. The summed E-state index contributed by atoms with van der Waals surface area (Å²) in [5.74, 6) is -0.309. The molecular formula is C18H20N2O4. The van der Waals surface area contributed by atoms with Crippen LogP contribution in [0, 0.1) is 5.41 Å². The maximum absolute atomic E-state index is 12.8. The molecule has 1 aliphatic rings.